The van der Waals surface area contributed by atoms with Gasteiger partial charge in [-0.15, -0.1) is 0 Å². The third-order valence-corrected chi connectivity index (χ3v) is 6.40. The fourth-order valence-electron chi connectivity index (χ4n) is 4.65. The van der Waals surface area contributed by atoms with E-state index in [2.05, 4.69) is 0 Å². The highest BCUT2D eigenvalue weighted by atomic mass is 16.5. The van der Waals surface area contributed by atoms with E-state index in [-0.39, 0.29) is 24.0 Å². The van der Waals surface area contributed by atoms with Crippen molar-refractivity contribution in [2.45, 2.75) is 45.6 Å². The molecule has 168 valence electrons. The van der Waals surface area contributed by atoms with E-state index in [0.29, 0.717) is 24.1 Å². The first-order valence-electron chi connectivity index (χ1n) is 11.0. The van der Waals surface area contributed by atoms with Crippen LogP contribution in [0.25, 0.3) is 11.0 Å². The van der Waals surface area contributed by atoms with Gasteiger partial charge >= 0.3 is 5.63 Å². The Kier molecular flexibility index (Phi) is 6.21. The summed E-state index contributed by atoms with van der Waals surface area (Å²) in [5, 5.41) is 0.915. The minimum Gasteiger partial charge on any atom is -0.497 e. The zero-order valence-electron chi connectivity index (χ0n) is 19.1. The van der Waals surface area contributed by atoms with Crippen LogP contribution in [0.4, 0.5) is 0 Å². The Balaban J connectivity index is 1.56. The van der Waals surface area contributed by atoms with E-state index >= 15 is 0 Å². The van der Waals surface area contributed by atoms with E-state index < -0.39 is 0 Å². The van der Waals surface area contributed by atoms with Crippen LogP contribution in [0.2, 0.25) is 0 Å². The van der Waals surface area contributed by atoms with Crippen LogP contribution in [-0.2, 0) is 11.2 Å². The Morgan fingerprint density at radius 1 is 1.12 bits per heavy atom. The molecular formula is C26H29NO5. The predicted molar refractivity (Wildman–Crippen MR) is 124 cm³/mol. The molecule has 1 fully saturated rings. The van der Waals surface area contributed by atoms with Crippen molar-refractivity contribution in [2.75, 3.05) is 20.8 Å². The number of likely N-dealkylation sites (tertiary alicyclic amines) is 1. The number of benzene rings is 2. The number of hydrogen-bond donors (Lipinski definition) is 0. The number of amides is 1. The number of rotatable bonds is 6. The number of methoxy groups -OCH3 is 2. The van der Waals surface area contributed by atoms with Crippen LogP contribution in [0.3, 0.4) is 0 Å². The molecule has 1 saturated heterocycles. The highest BCUT2D eigenvalue weighted by Crippen LogP contribution is 2.39. The van der Waals surface area contributed by atoms with Crippen LogP contribution >= 0.6 is 0 Å². The first kappa shape index (κ1) is 21.9. The Bertz CT molecular complexity index is 1210. The minimum absolute atomic E-state index is 0.0279. The van der Waals surface area contributed by atoms with Gasteiger partial charge in [-0.2, -0.15) is 0 Å². The molecule has 0 bridgehead atoms. The number of fused-ring (bicyclic) bond motifs is 1. The third kappa shape index (κ3) is 4.09. The summed E-state index contributed by atoms with van der Waals surface area (Å²) >= 11 is 0. The van der Waals surface area contributed by atoms with E-state index in [1.807, 2.05) is 55.1 Å². The molecule has 1 aliphatic heterocycles. The second-order valence-corrected chi connectivity index (χ2v) is 8.35. The highest BCUT2D eigenvalue weighted by Gasteiger charge is 2.32. The van der Waals surface area contributed by atoms with Gasteiger partial charge in [0.1, 0.15) is 17.1 Å². The van der Waals surface area contributed by atoms with E-state index in [9.17, 15) is 9.59 Å². The maximum Gasteiger partial charge on any atom is 0.339 e. The van der Waals surface area contributed by atoms with Crippen LogP contribution in [0.1, 0.15) is 47.6 Å². The molecule has 0 N–H and O–H groups in total. The van der Waals surface area contributed by atoms with Crippen molar-refractivity contribution in [3.05, 3.63) is 69.1 Å². The minimum atomic E-state index is -0.360. The molecule has 0 spiro atoms. The monoisotopic (exact) mass is 435 g/mol. The zero-order chi connectivity index (χ0) is 22.8. The van der Waals surface area contributed by atoms with Gasteiger partial charge in [-0.1, -0.05) is 12.1 Å². The van der Waals surface area contributed by atoms with Crippen LogP contribution in [0.15, 0.2) is 45.6 Å². The molecule has 0 radical (unpaired) electrons. The first-order valence-corrected chi connectivity index (χ1v) is 11.0. The second-order valence-electron chi connectivity index (χ2n) is 8.35. The lowest BCUT2D eigenvalue weighted by Crippen LogP contribution is -2.31. The standard InChI is InChI=1S/C26H29NO5/c1-16-7-9-19-17(2)20(26(29)32-24(19)14-16)10-12-25(28)27-13-5-6-22(27)21-15-18(30-3)8-11-23(21)31-4/h7-9,11,14-15,22H,5-6,10,12-13H2,1-4H3. The number of ether oxygens (including phenoxy) is 2. The van der Waals surface area contributed by atoms with Crippen molar-refractivity contribution in [1.82, 2.24) is 4.90 Å². The smallest absolute Gasteiger partial charge is 0.339 e. The van der Waals surface area contributed by atoms with Crippen molar-refractivity contribution < 1.29 is 18.7 Å². The molecule has 6 nitrogen and oxygen atoms in total. The van der Waals surface area contributed by atoms with Crippen molar-refractivity contribution >= 4 is 16.9 Å². The number of aryl methyl sites for hydroxylation is 2. The average Bonchev–Trinajstić information content (AvgIpc) is 3.28. The van der Waals surface area contributed by atoms with Gasteiger partial charge in [-0.3, -0.25) is 4.79 Å². The Hall–Kier alpha value is -3.28. The number of nitrogens with zero attached hydrogens (tertiary/aromatic N) is 1. The lowest BCUT2D eigenvalue weighted by atomic mass is 10.00. The van der Waals surface area contributed by atoms with E-state index in [1.54, 1.807) is 14.2 Å². The van der Waals surface area contributed by atoms with E-state index in [4.69, 9.17) is 13.9 Å². The van der Waals surface area contributed by atoms with Crippen molar-refractivity contribution in [2.24, 2.45) is 0 Å². The molecule has 3 aromatic rings. The lowest BCUT2D eigenvalue weighted by molar-refractivity contribution is -0.132. The maximum atomic E-state index is 13.2. The Morgan fingerprint density at radius 3 is 2.69 bits per heavy atom. The van der Waals surface area contributed by atoms with Gasteiger partial charge in [-0.25, -0.2) is 4.79 Å². The number of carbonyl (C=O) groups is 1. The average molecular weight is 436 g/mol. The summed E-state index contributed by atoms with van der Waals surface area (Å²) in [6, 6.07) is 11.5. The molecule has 2 heterocycles. The maximum absolute atomic E-state index is 13.2. The Morgan fingerprint density at radius 2 is 1.94 bits per heavy atom. The molecule has 4 rings (SSSR count). The van der Waals surface area contributed by atoms with Gasteiger partial charge in [0.25, 0.3) is 0 Å². The van der Waals surface area contributed by atoms with E-state index in [0.717, 1.165) is 46.4 Å². The normalized spacial score (nSPS) is 15.9. The first-order chi connectivity index (χ1) is 15.4. The van der Waals surface area contributed by atoms with Gasteiger partial charge in [0.2, 0.25) is 5.91 Å². The third-order valence-electron chi connectivity index (χ3n) is 6.40. The topological polar surface area (TPSA) is 69.0 Å². The molecular weight excluding hydrogens is 406 g/mol. The van der Waals surface area contributed by atoms with Crippen molar-refractivity contribution in [1.29, 1.82) is 0 Å². The highest BCUT2D eigenvalue weighted by molar-refractivity contribution is 5.82. The molecule has 0 aliphatic carbocycles. The molecule has 1 aliphatic rings. The van der Waals surface area contributed by atoms with Gasteiger partial charge in [0.05, 0.1) is 20.3 Å². The molecule has 1 atom stereocenters. The fraction of sp³-hybridized carbons (Fsp3) is 0.385. The second kappa shape index (κ2) is 9.07. The largest absolute Gasteiger partial charge is 0.497 e. The summed E-state index contributed by atoms with van der Waals surface area (Å²) in [6.45, 7) is 4.58. The summed E-state index contributed by atoms with van der Waals surface area (Å²) < 4.78 is 16.5. The predicted octanol–water partition coefficient (Wildman–Crippen LogP) is 4.72. The van der Waals surface area contributed by atoms with Gasteiger partial charge in [-0.05, 0) is 68.5 Å². The molecule has 0 saturated carbocycles. The summed E-state index contributed by atoms with van der Waals surface area (Å²) in [7, 11) is 3.26. The van der Waals surface area contributed by atoms with Gasteiger partial charge in [0, 0.05) is 29.5 Å². The van der Waals surface area contributed by atoms with E-state index in [1.165, 1.54) is 0 Å². The van der Waals surface area contributed by atoms with Crippen molar-refractivity contribution in [3.63, 3.8) is 0 Å². The summed E-state index contributed by atoms with van der Waals surface area (Å²) in [4.78, 5) is 27.7. The lowest BCUT2D eigenvalue weighted by Gasteiger charge is -2.27. The van der Waals surface area contributed by atoms with Crippen LogP contribution < -0.4 is 15.1 Å². The van der Waals surface area contributed by atoms with Crippen LogP contribution in [-0.4, -0.2) is 31.6 Å². The molecule has 1 amide bonds. The van der Waals surface area contributed by atoms with Crippen LogP contribution in [0, 0.1) is 13.8 Å². The SMILES string of the molecule is COc1ccc(OC)c(C2CCCN2C(=O)CCc2c(C)c3ccc(C)cc3oc2=O)c1. The van der Waals surface area contributed by atoms with Gasteiger partial charge < -0.3 is 18.8 Å². The summed E-state index contributed by atoms with van der Waals surface area (Å²) in [6.07, 6.45) is 2.40. The Labute approximate surface area is 187 Å². The fourth-order valence-corrected chi connectivity index (χ4v) is 4.65. The molecule has 2 aromatic carbocycles. The molecule has 32 heavy (non-hydrogen) atoms. The summed E-state index contributed by atoms with van der Waals surface area (Å²) in [5.41, 5.74) is 3.68. The summed E-state index contributed by atoms with van der Waals surface area (Å²) in [5.74, 6) is 1.51. The quantitative estimate of drug-likeness (QED) is 0.524. The molecule has 6 heteroatoms. The molecule has 1 aromatic heterocycles. The number of hydrogen-bond acceptors (Lipinski definition) is 5. The van der Waals surface area contributed by atoms with Gasteiger partial charge in [0.15, 0.2) is 0 Å². The molecule has 1 unspecified atom stereocenters. The zero-order valence-corrected chi connectivity index (χ0v) is 19.1. The van der Waals surface area contributed by atoms with Crippen LogP contribution in [0.5, 0.6) is 11.5 Å². The number of carbonyl (C=O) groups excluding carboxylic acids is 1. The van der Waals surface area contributed by atoms with Crippen molar-refractivity contribution in [3.8, 4) is 11.5 Å².